The van der Waals surface area contributed by atoms with Crippen molar-refractivity contribution in [3.05, 3.63) is 70.3 Å². The van der Waals surface area contributed by atoms with E-state index < -0.39 is 10.0 Å². The van der Waals surface area contributed by atoms with Gasteiger partial charge in [-0.15, -0.1) is 0 Å². The van der Waals surface area contributed by atoms with Crippen LogP contribution in [0.25, 0.3) is 0 Å². The predicted octanol–water partition coefficient (Wildman–Crippen LogP) is 1.51. The van der Waals surface area contributed by atoms with Gasteiger partial charge in [0.25, 0.3) is 5.91 Å². The van der Waals surface area contributed by atoms with E-state index in [9.17, 15) is 18.0 Å². The van der Waals surface area contributed by atoms with E-state index in [0.29, 0.717) is 37.4 Å². The van der Waals surface area contributed by atoms with Crippen molar-refractivity contribution in [3.63, 3.8) is 0 Å². The van der Waals surface area contributed by atoms with Crippen LogP contribution in [0.15, 0.2) is 42.5 Å². The van der Waals surface area contributed by atoms with Crippen molar-refractivity contribution in [2.75, 3.05) is 32.8 Å². The van der Waals surface area contributed by atoms with Gasteiger partial charge in [0, 0.05) is 25.2 Å². The summed E-state index contributed by atoms with van der Waals surface area (Å²) >= 11 is 0. The molecule has 32 heavy (non-hydrogen) atoms. The molecule has 8 nitrogen and oxygen atoms in total. The molecular formula is C23H29N3O5S. The molecule has 1 fully saturated rings. The molecule has 0 bridgehead atoms. The highest BCUT2D eigenvalue weighted by Gasteiger charge is 2.25. The lowest BCUT2D eigenvalue weighted by atomic mass is 10.1. The van der Waals surface area contributed by atoms with Gasteiger partial charge in [0.05, 0.1) is 25.5 Å². The fraction of sp³-hybridized carbons (Fsp3) is 0.391. The second-order valence-electron chi connectivity index (χ2n) is 7.87. The standard InChI is InChI=1S/C23H29N3O5S/c1-17-11-18(2)13-21(12-17)23(28)25-15-22(27)24-14-19-5-3-4-6-20(19)16-32(29,30)26-7-9-31-10-8-26/h3-6,11-13H,7-10,14-16H2,1-2H3,(H,24,27)(H,25,28). The maximum absolute atomic E-state index is 12.7. The van der Waals surface area contributed by atoms with E-state index in [4.69, 9.17) is 4.74 Å². The lowest BCUT2D eigenvalue weighted by Crippen LogP contribution is -2.41. The molecule has 0 aromatic heterocycles. The third-order valence-electron chi connectivity index (χ3n) is 5.19. The summed E-state index contributed by atoms with van der Waals surface area (Å²) < 4.78 is 32.2. The van der Waals surface area contributed by atoms with Crippen molar-refractivity contribution < 1.29 is 22.7 Å². The van der Waals surface area contributed by atoms with E-state index in [-0.39, 0.29) is 30.7 Å². The highest BCUT2D eigenvalue weighted by atomic mass is 32.2. The highest BCUT2D eigenvalue weighted by Crippen LogP contribution is 2.16. The van der Waals surface area contributed by atoms with Crippen LogP contribution in [0.3, 0.4) is 0 Å². The molecule has 9 heteroatoms. The quantitative estimate of drug-likeness (QED) is 0.623. The molecule has 0 atom stereocenters. The number of morpholine rings is 1. The van der Waals surface area contributed by atoms with E-state index in [1.54, 1.807) is 36.4 Å². The minimum atomic E-state index is -3.47. The van der Waals surface area contributed by atoms with Crippen molar-refractivity contribution in [1.29, 1.82) is 0 Å². The molecule has 3 rings (SSSR count). The summed E-state index contributed by atoms with van der Waals surface area (Å²) in [7, 11) is -3.47. The second kappa shape index (κ2) is 10.7. The fourth-order valence-electron chi connectivity index (χ4n) is 3.61. The Morgan fingerprint density at radius 3 is 2.25 bits per heavy atom. The molecule has 1 heterocycles. The Morgan fingerprint density at radius 2 is 1.59 bits per heavy atom. The van der Waals surface area contributed by atoms with Crippen LogP contribution in [0.2, 0.25) is 0 Å². The Labute approximate surface area is 189 Å². The molecule has 172 valence electrons. The first-order valence-corrected chi connectivity index (χ1v) is 12.1. The minimum absolute atomic E-state index is 0.136. The zero-order valence-electron chi connectivity index (χ0n) is 18.4. The van der Waals surface area contributed by atoms with Crippen molar-refractivity contribution in [2.24, 2.45) is 0 Å². The molecule has 0 unspecified atom stereocenters. The Hall–Kier alpha value is -2.75. The molecule has 0 radical (unpaired) electrons. The van der Waals surface area contributed by atoms with E-state index in [1.165, 1.54) is 4.31 Å². The minimum Gasteiger partial charge on any atom is -0.379 e. The Morgan fingerprint density at radius 1 is 0.969 bits per heavy atom. The van der Waals surface area contributed by atoms with Crippen LogP contribution in [-0.4, -0.2) is 57.4 Å². The zero-order valence-corrected chi connectivity index (χ0v) is 19.2. The van der Waals surface area contributed by atoms with Crippen molar-refractivity contribution >= 4 is 21.8 Å². The van der Waals surface area contributed by atoms with Gasteiger partial charge in [-0.3, -0.25) is 9.59 Å². The van der Waals surface area contributed by atoms with Gasteiger partial charge in [-0.1, -0.05) is 41.5 Å². The number of carbonyl (C=O) groups excluding carboxylic acids is 2. The number of hydrogen-bond donors (Lipinski definition) is 2. The summed E-state index contributed by atoms with van der Waals surface area (Å²) in [6, 6.07) is 12.6. The van der Waals surface area contributed by atoms with Crippen LogP contribution in [0.5, 0.6) is 0 Å². The highest BCUT2D eigenvalue weighted by molar-refractivity contribution is 7.88. The number of amides is 2. The van der Waals surface area contributed by atoms with E-state index in [2.05, 4.69) is 10.6 Å². The zero-order chi connectivity index (χ0) is 23.1. The van der Waals surface area contributed by atoms with Crippen LogP contribution in [0, 0.1) is 13.8 Å². The van der Waals surface area contributed by atoms with Gasteiger partial charge in [0.2, 0.25) is 15.9 Å². The van der Waals surface area contributed by atoms with Gasteiger partial charge in [-0.2, -0.15) is 4.31 Å². The first-order valence-electron chi connectivity index (χ1n) is 10.5. The number of ether oxygens (including phenoxy) is 1. The third kappa shape index (κ3) is 6.62. The molecule has 0 aliphatic carbocycles. The van der Waals surface area contributed by atoms with Crippen LogP contribution in [-0.2, 0) is 31.9 Å². The Balaban J connectivity index is 1.55. The number of sulfonamides is 1. The van der Waals surface area contributed by atoms with Gasteiger partial charge < -0.3 is 15.4 Å². The Kier molecular flexibility index (Phi) is 8.00. The number of carbonyl (C=O) groups is 2. The topological polar surface area (TPSA) is 105 Å². The first kappa shape index (κ1) is 23.9. The molecule has 0 spiro atoms. The van der Waals surface area contributed by atoms with Gasteiger partial charge >= 0.3 is 0 Å². The van der Waals surface area contributed by atoms with Crippen molar-refractivity contribution in [3.8, 4) is 0 Å². The maximum Gasteiger partial charge on any atom is 0.251 e. The summed E-state index contributed by atoms with van der Waals surface area (Å²) in [5.41, 5.74) is 3.82. The molecular weight excluding hydrogens is 430 g/mol. The van der Waals surface area contributed by atoms with Crippen LogP contribution >= 0.6 is 0 Å². The van der Waals surface area contributed by atoms with Gasteiger partial charge in [0.15, 0.2) is 0 Å². The molecule has 1 aliphatic heterocycles. The normalized spacial score (nSPS) is 14.7. The summed E-state index contributed by atoms with van der Waals surface area (Å²) in [5, 5.41) is 5.37. The summed E-state index contributed by atoms with van der Waals surface area (Å²) in [4.78, 5) is 24.6. The number of rotatable bonds is 8. The predicted molar refractivity (Wildman–Crippen MR) is 122 cm³/mol. The molecule has 1 aliphatic rings. The molecule has 2 amide bonds. The monoisotopic (exact) mass is 459 g/mol. The lowest BCUT2D eigenvalue weighted by molar-refractivity contribution is -0.120. The largest absolute Gasteiger partial charge is 0.379 e. The van der Waals surface area contributed by atoms with Crippen LogP contribution in [0.1, 0.15) is 32.6 Å². The van der Waals surface area contributed by atoms with Crippen molar-refractivity contribution in [2.45, 2.75) is 26.1 Å². The Bertz CT molecular complexity index is 1060. The maximum atomic E-state index is 12.7. The SMILES string of the molecule is Cc1cc(C)cc(C(=O)NCC(=O)NCc2ccccc2CS(=O)(=O)N2CCOCC2)c1. The van der Waals surface area contributed by atoms with Crippen LogP contribution < -0.4 is 10.6 Å². The lowest BCUT2D eigenvalue weighted by Gasteiger charge is -2.26. The van der Waals surface area contributed by atoms with Gasteiger partial charge in [-0.25, -0.2) is 8.42 Å². The number of aryl methyl sites for hydroxylation is 2. The smallest absolute Gasteiger partial charge is 0.251 e. The summed E-state index contributed by atoms with van der Waals surface area (Å²) in [6.45, 7) is 5.31. The summed E-state index contributed by atoms with van der Waals surface area (Å²) in [6.07, 6.45) is 0. The van der Waals surface area contributed by atoms with Crippen LogP contribution in [0.4, 0.5) is 0 Å². The molecule has 0 saturated carbocycles. The number of nitrogens with one attached hydrogen (secondary N) is 2. The first-order chi connectivity index (χ1) is 15.2. The average molecular weight is 460 g/mol. The molecule has 2 aromatic rings. The number of hydrogen-bond acceptors (Lipinski definition) is 5. The van der Waals surface area contributed by atoms with Gasteiger partial charge in [-0.05, 0) is 37.1 Å². The molecule has 2 aromatic carbocycles. The molecule has 1 saturated heterocycles. The van der Waals surface area contributed by atoms with Crippen molar-refractivity contribution in [1.82, 2.24) is 14.9 Å². The summed E-state index contributed by atoms with van der Waals surface area (Å²) in [5.74, 6) is -0.805. The van der Waals surface area contributed by atoms with E-state index in [1.807, 2.05) is 19.9 Å². The number of benzene rings is 2. The van der Waals surface area contributed by atoms with E-state index in [0.717, 1.165) is 16.7 Å². The third-order valence-corrected chi connectivity index (χ3v) is 7.02. The fourth-order valence-corrected chi connectivity index (χ4v) is 5.17. The molecule has 2 N–H and O–H groups in total. The van der Waals surface area contributed by atoms with E-state index >= 15 is 0 Å². The average Bonchev–Trinajstić information content (AvgIpc) is 2.76. The second-order valence-corrected chi connectivity index (χ2v) is 9.84. The van der Waals surface area contributed by atoms with Gasteiger partial charge in [0.1, 0.15) is 0 Å². The number of nitrogens with zero attached hydrogens (tertiary/aromatic N) is 1.